The first-order chi connectivity index (χ1) is 25.4. The summed E-state index contributed by atoms with van der Waals surface area (Å²) >= 11 is 0. The third-order valence-electron chi connectivity index (χ3n) is 10.5. The molecular formula is C47H40N2O3. The van der Waals surface area contributed by atoms with Crippen LogP contribution in [0.5, 0.6) is 11.5 Å². The van der Waals surface area contributed by atoms with Crippen molar-refractivity contribution in [3.05, 3.63) is 132 Å². The second-order valence-electron chi connectivity index (χ2n) is 14.3. The molecular weight excluding hydrogens is 641 g/mol. The quantitative estimate of drug-likeness (QED) is 0.157. The fraction of sp³-hybridized carbons (Fsp3) is 0.170. The van der Waals surface area contributed by atoms with Crippen molar-refractivity contribution in [2.75, 3.05) is 14.2 Å². The van der Waals surface area contributed by atoms with Crippen LogP contribution in [0.4, 0.5) is 0 Å². The SMILES string of the molecule is COc1ccc(-c2nc3cccc(OC)c3n2-c2c(C(C)C)cc(-c3ccccc3)cc2C(C)C)c2oc3cc4c(ccc5ccccc54)cc3c12. The van der Waals surface area contributed by atoms with Crippen LogP contribution in [0.25, 0.3) is 82.7 Å². The Labute approximate surface area is 303 Å². The fourth-order valence-electron chi connectivity index (χ4n) is 7.97. The molecule has 0 saturated heterocycles. The molecule has 0 fully saturated rings. The Morgan fingerprint density at radius 2 is 1.31 bits per heavy atom. The molecule has 2 aromatic heterocycles. The van der Waals surface area contributed by atoms with Gasteiger partial charge in [0, 0.05) is 5.39 Å². The zero-order valence-electron chi connectivity index (χ0n) is 30.3. The number of furan rings is 1. The van der Waals surface area contributed by atoms with Gasteiger partial charge in [-0.1, -0.05) is 100 Å². The Balaban J connectivity index is 1.40. The van der Waals surface area contributed by atoms with E-state index < -0.39 is 0 Å². The Morgan fingerprint density at radius 3 is 2.04 bits per heavy atom. The highest BCUT2D eigenvalue weighted by Gasteiger charge is 2.28. The van der Waals surface area contributed by atoms with Crippen LogP contribution in [0.2, 0.25) is 0 Å². The topological polar surface area (TPSA) is 49.4 Å². The smallest absolute Gasteiger partial charge is 0.150 e. The summed E-state index contributed by atoms with van der Waals surface area (Å²) in [5.41, 5.74) is 10.2. The molecule has 9 rings (SSSR count). The van der Waals surface area contributed by atoms with E-state index in [1.165, 1.54) is 33.0 Å². The van der Waals surface area contributed by atoms with E-state index in [-0.39, 0.29) is 11.8 Å². The zero-order chi connectivity index (χ0) is 35.7. The summed E-state index contributed by atoms with van der Waals surface area (Å²) in [6.07, 6.45) is 0. The van der Waals surface area contributed by atoms with Gasteiger partial charge in [-0.3, -0.25) is 4.57 Å². The molecule has 0 spiro atoms. The molecule has 5 heteroatoms. The summed E-state index contributed by atoms with van der Waals surface area (Å²) in [5.74, 6) is 2.76. The van der Waals surface area contributed by atoms with E-state index in [2.05, 4.69) is 135 Å². The van der Waals surface area contributed by atoms with Crippen molar-refractivity contribution in [2.45, 2.75) is 39.5 Å². The third-order valence-corrected chi connectivity index (χ3v) is 10.5. The van der Waals surface area contributed by atoms with Gasteiger partial charge in [0.25, 0.3) is 0 Å². The molecule has 0 unspecified atom stereocenters. The second-order valence-corrected chi connectivity index (χ2v) is 14.3. The lowest BCUT2D eigenvalue weighted by atomic mass is 9.88. The number of methoxy groups -OCH3 is 2. The molecule has 52 heavy (non-hydrogen) atoms. The summed E-state index contributed by atoms with van der Waals surface area (Å²) in [5, 5.41) is 6.65. The van der Waals surface area contributed by atoms with E-state index >= 15 is 0 Å². The van der Waals surface area contributed by atoms with Crippen molar-refractivity contribution in [3.8, 4) is 39.7 Å². The van der Waals surface area contributed by atoms with Crippen LogP contribution >= 0.6 is 0 Å². The van der Waals surface area contributed by atoms with Gasteiger partial charge in [0.05, 0.1) is 36.4 Å². The average Bonchev–Trinajstić information content (AvgIpc) is 3.75. The number of nitrogens with zero attached hydrogens (tertiary/aromatic N) is 2. The van der Waals surface area contributed by atoms with E-state index in [4.69, 9.17) is 18.9 Å². The van der Waals surface area contributed by atoms with Gasteiger partial charge < -0.3 is 13.9 Å². The summed E-state index contributed by atoms with van der Waals surface area (Å²) in [6, 6.07) is 42.9. The van der Waals surface area contributed by atoms with E-state index in [0.29, 0.717) is 0 Å². The first kappa shape index (κ1) is 31.9. The van der Waals surface area contributed by atoms with Gasteiger partial charge in [-0.15, -0.1) is 0 Å². The molecule has 0 aliphatic rings. The number of benzene rings is 7. The van der Waals surface area contributed by atoms with Crippen molar-refractivity contribution < 1.29 is 13.9 Å². The third kappa shape index (κ3) is 4.87. The first-order valence-corrected chi connectivity index (χ1v) is 18.0. The van der Waals surface area contributed by atoms with E-state index in [9.17, 15) is 0 Å². The highest BCUT2D eigenvalue weighted by atomic mass is 16.5. The predicted molar refractivity (Wildman–Crippen MR) is 216 cm³/mol. The van der Waals surface area contributed by atoms with Gasteiger partial charge in [-0.25, -0.2) is 4.98 Å². The van der Waals surface area contributed by atoms with Crippen LogP contribution in [-0.4, -0.2) is 23.8 Å². The van der Waals surface area contributed by atoms with Gasteiger partial charge in [0.2, 0.25) is 0 Å². The standard InChI is InChI=1S/C47H40N2O3/c1-27(2)35-24-32(29-13-8-7-9-14-29)25-36(28(3)4)44(35)49-45-39(17-12-18-41(45)51-6)48-47(49)34-21-22-40(50-5)43-38-23-31-20-19-30-15-10-11-16-33(30)37(31)26-42(38)52-46(34)43/h7-28H,1-6H3. The van der Waals surface area contributed by atoms with Gasteiger partial charge in [0.1, 0.15) is 34.0 Å². The molecule has 256 valence electrons. The number of rotatable bonds is 7. The summed E-state index contributed by atoms with van der Waals surface area (Å²) in [6.45, 7) is 9.08. The molecule has 7 aromatic carbocycles. The largest absolute Gasteiger partial charge is 0.496 e. The minimum absolute atomic E-state index is 0.223. The monoisotopic (exact) mass is 680 g/mol. The number of aromatic nitrogens is 2. The molecule has 0 atom stereocenters. The molecule has 0 amide bonds. The highest BCUT2D eigenvalue weighted by molar-refractivity contribution is 6.19. The maximum absolute atomic E-state index is 6.95. The highest BCUT2D eigenvalue weighted by Crippen LogP contribution is 2.46. The number of hydrogen-bond donors (Lipinski definition) is 0. The predicted octanol–water partition coefficient (Wildman–Crippen LogP) is 12.8. The Hall–Kier alpha value is -6.07. The number of para-hydroxylation sites is 1. The molecule has 0 saturated carbocycles. The van der Waals surface area contributed by atoms with Crippen molar-refractivity contribution in [1.82, 2.24) is 9.55 Å². The molecule has 2 heterocycles. The number of fused-ring (bicyclic) bond motifs is 7. The number of imidazole rings is 1. The Bertz CT molecular complexity index is 2790. The van der Waals surface area contributed by atoms with Crippen LogP contribution in [0.1, 0.15) is 50.7 Å². The number of hydrogen-bond acceptors (Lipinski definition) is 4. The lowest BCUT2D eigenvalue weighted by Gasteiger charge is -2.25. The summed E-state index contributed by atoms with van der Waals surface area (Å²) in [7, 11) is 3.45. The van der Waals surface area contributed by atoms with E-state index in [1.807, 2.05) is 18.2 Å². The number of ether oxygens (including phenoxy) is 2. The first-order valence-electron chi connectivity index (χ1n) is 18.0. The second kappa shape index (κ2) is 12.3. The Morgan fingerprint density at radius 1 is 0.596 bits per heavy atom. The fourth-order valence-corrected chi connectivity index (χ4v) is 7.97. The maximum atomic E-state index is 6.95. The van der Waals surface area contributed by atoms with Crippen LogP contribution in [0.15, 0.2) is 126 Å². The molecule has 9 aromatic rings. The molecule has 0 aliphatic heterocycles. The van der Waals surface area contributed by atoms with Crippen molar-refractivity contribution in [1.29, 1.82) is 0 Å². The molecule has 0 aliphatic carbocycles. The van der Waals surface area contributed by atoms with Gasteiger partial charge in [0.15, 0.2) is 0 Å². The van der Waals surface area contributed by atoms with Crippen molar-refractivity contribution >= 4 is 54.5 Å². The van der Waals surface area contributed by atoms with Crippen LogP contribution in [0, 0.1) is 0 Å². The molecule has 0 radical (unpaired) electrons. The molecule has 5 nitrogen and oxygen atoms in total. The average molecular weight is 681 g/mol. The lowest BCUT2D eigenvalue weighted by Crippen LogP contribution is -2.10. The van der Waals surface area contributed by atoms with E-state index in [0.717, 1.165) is 72.3 Å². The van der Waals surface area contributed by atoms with Crippen molar-refractivity contribution in [2.24, 2.45) is 0 Å². The zero-order valence-corrected chi connectivity index (χ0v) is 30.3. The normalized spacial score (nSPS) is 12.0. The van der Waals surface area contributed by atoms with Gasteiger partial charge >= 0.3 is 0 Å². The van der Waals surface area contributed by atoms with Gasteiger partial charge in [-0.2, -0.15) is 0 Å². The summed E-state index contributed by atoms with van der Waals surface area (Å²) in [4.78, 5) is 5.40. The minimum Gasteiger partial charge on any atom is -0.496 e. The summed E-state index contributed by atoms with van der Waals surface area (Å²) < 4.78 is 21.4. The van der Waals surface area contributed by atoms with Crippen molar-refractivity contribution in [3.63, 3.8) is 0 Å². The lowest BCUT2D eigenvalue weighted by molar-refractivity contribution is 0.418. The molecule has 0 bridgehead atoms. The van der Waals surface area contributed by atoms with Crippen LogP contribution in [-0.2, 0) is 0 Å². The minimum atomic E-state index is 0.223. The molecule has 0 N–H and O–H groups in total. The Kier molecular flexibility index (Phi) is 7.55. The van der Waals surface area contributed by atoms with Gasteiger partial charge in [-0.05, 0) is 104 Å². The maximum Gasteiger partial charge on any atom is 0.150 e. The van der Waals surface area contributed by atoms with Crippen LogP contribution < -0.4 is 9.47 Å². The van der Waals surface area contributed by atoms with Crippen LogP contribution in [0.3, 0.4) is 0 Å². The van der Waals surface area contributed by atoms with E-state index in [1.54, 1.807) is 14.2 Å².